The fourth-order valence-electron chi connectivity index (χ4n) is 2.83. The number of hydrogen-bond acceptors (Lipinski definition) is 4. The monoisotopic (exact) mass is 404 g/mol. The molecule has 1 fully saturated rings. The van der Waals surface area contributed by atoms with Crippen LogP contribution in [0.15, 0.2) is 30.3 Å². The predicted octanol–water partition coefficient (Wildman–Crippen LogP) is 2.29. The van der Waals surface area contributed by atoms with Crippen molar-refractivity contribution in [1.29, 1.82) is 0 Å². The molecule has 2 atom stereocenters. The van der Waals surface area contributed by atoms with Crippen LogP contribution in [-0.4, -0.2) is 79.9 Å². The first-order valence-electron chi connectivity index (χ1n) is 8.85. The first kappa shape index (κ1) is 23.9. The Morgan fingerprint density at radius 3 is 2.32 bits per heavy atom. The number of likely N-dealkylation sites (N-methyl/N-ethyl adjacent to an activating group) is 1. The molecule has 0 saturated carbocycles. The van der Waals surface area contributed by atoms with Gasteiger partial charge in [-0.25, -0.2) is 4.79 Å². The van der Waals surface area contributed by atoms with Crippen molar-refractivity contribution < 1.29 is 32.6 Å². The van der Waals surface area contributed by atoms with E-state index in [1.54, 1.807) is 19.0 Å². The van der Waals surface area contributed by atoms with Crippen LogP contribution >= 0.6 is 0 Å². The van der Waals surface area contributed by atoms with Crippen LogP contribution in [0.5, 0.6) is 0 Å². The Balaban J connectivity index is 0.000000480. The number of carboxylic acid groups (broad SMARTS) is 1. The molecule has 0 aliphatic carbocycles. The third-order valence-corrected chi connectivity index (χ3v) is 4.37. The van der Waals surface area contributed by atoms with E-state index in [0.29, 0.717) is 5.92 Å². The normalized spacial score (nSPS) is 20.1. The van der Waals surface area contributed by atoms with Crippen LogP contribution in [0.25, 0.3) is 0 Å². The summed E-state index contributed by atoms with van der Waals surface area (Å²) >= 11 is 0. The molecule has 1 amide bonds. The molecule has 9 heteroatoms. The molecule has 28 heavy (non-hydrogen) atoms. The number of likely N-dealkylation sites (tertiary alicyclic amines) is 1. The number of piperidine rings is 1. The highest BCUT2D eigenvalue weighted by Gasteiger charge is 2.38. The van der Waals surface area contributed by atoms with Gasteiger partial charge in [-0.1, -0.05) is 30.3 Å². The summed E-state index contributed by atoms with van der Waals surface area (Å²) in [5.41, 5.74) is 1.34. The summed E-state index contributed by atoms with van der Waals surface area (Å²) in [6.07, 6.45) is -2.91. The SMILES string of the molecule is CN1CC[C@@H](OCC(=O)N(C)C)[C@@H](Cc2ccccc2)C1.O=C(O)C(F)(F)F. The molecule has 1 aliphatic heterocycles. The maximum atomic E-state index is 11.7. The maximum Gasteiger partial charge on any atom is 0.490 e. The molecule has 1 heterocycles. The number of alkyl halides is 3. The van der Waals surface area contributed by atoms with Crippen LogP contribution in [0.1, 0.15) is 12.0 Å². The molecule has 0 spiro atoms. The second-order valence-corrected chi connectivity index (χ2v) is 6.94. The van der Waals surface area contributed by atoms with E-state index in [-0.39, 0.29) is 18.6 Å². The Bertz CT molecular complexity index is 623. The average molecular weight is 404 g/mol. The lowest BCUT2D eigenvalue weighted by Crippen LogP contribution is -2.44. The van der Waals surface area contributed by atoms with E-state index in [4.69, 9.17) is 14.6 Å². The lowest BCUT2D eigenvalue weighted by Gasteiger charge is -2.36. The van der Waals surface area contributed by atoms with E-state index >= 15 is 0 Å². The van der Waals surface area contributed by atoms with Crippen molar-refractivity contribution in [3.63, 3.8) is 0 Å². The number of halogens is 3. The first-order valence-corrected chi connectivity index (χ1v) is 8.85. The van der Waals surface area contributed by atoms with Crippen LogP contribution in [0.3, 0.4) is 0 Å². The Hall–Kier alpha value is -2.13. The number of rotatable bonds is 5. The lowest BCUT2D eigenvalue weighted by molar-refractivity contribution is -0.192. The largest absolute Gasteiger partial charge is 0.490 e. The van der Waals surface area contributed by atoms with Crippen molar-refractivity contribution in [1.82, 2.24) is 9.80 Å². The van der Waals surface area contributed by atoms with Gasteiger partial charge >= 0.3 is 12.1 Å². The summed E-state index contributed by atoms with van der Waals surface area (Å²) in [4.78, 5) is 24.5. The number of carbonyl (C=O) groups excluding carboxylic acids is 1. The van der Waals surface area contributed by atoms with E-state index in [1.165, 1.54) is 5.56 Å². The molecule has 0 bridgehead atoms. The van der Waals surface area contributed by atoms with Gasteiger partial charge in [0.05, 0.1) is 6.10 Å². The minimum Gasteiger partial charge on any atom is -0.475 e. The van der Waals surface area contributed by atoms with E-state index in [9.17, 15) is 18.0 Å². The van der Waals surface area contributed by atoms with Crippen LogP contribution in [0.2, 0.25) is 0 Å². The van der Waals surface area contributed by atoms with Gasteiger partial charge in [0.2, 0.25) is 5.91 Å². The van der Waals surface area contributed by atoms with Gasteiger partial charge in [0.15, 0.2) is 0 Å². The molecule has 1 aromatic rings. The third kappa shape index (κ3) is 8.71. The van der Waals surface area contributed by atoms with Gasteiger partial charge in [-0.05, 0) is 25.5 Å². The van der Waals surface area contributed by atoms with Crippen molar-refractivity contribution in [3.05, 3.63) is 35.9 Å². The summed E-state index contributed by atoms with van der Waals surface area (Å²) in [6, 6.07) is 10.5. The van der Waals surface area contributed by atoms with Gasteiger partial charge < -0.3 is 19.6 Å². The molecule has 0 unspecified atom stereocenters. The second-order valence-electron chi connectivity index (χ2n) is 6.94. The fraction of sp³-hybridized carbons (Fsp3) is 0.579. The number of amides is 1. The minimum atomic E-state index is -5.08. The third-order valence-electron chi connectivity index (χ3n) is 4.37. The molecule has 1 N–H and O–H groups in total. The zero-order valence-electron chi connectivity index (χ0n) is 16.3. The van der Waals surface area contributed by atoms with E-state index in [2.05, 4.69) is 36.2 Å². The molecule has 1 aromatic carbocycles. The van der Waals surface area contributed by atoms with Gasteiger partial charge in [-0.2, -0.15) is 13.2 Å². The number of hydrogen-bond donors (Lipinski definition) is 1. The van der Waals surface area contributed by atoms with Crippen molar-refractivity contribution in [2.24, 2.45) is 5.92 Å². The molecule has 158 valence electrons. The molecule has 1 aliphatic rings. The van der Waals surface area contributed by atoms with Crippen molar-refractivity contribution in [2.75, 3.05) is 40.8 Å². The quantitative estimate of drug-likeness (QED) is 0.816. The van der Waals surface area contributed by atoms with Crippen molar-refractivity contribution in [3.8, 4) is 0 Å². The van der Waals surface area contributed by atoms with Crippen molar-refractivity contribution >= 4 is 11.9 Å². The molecule has 2 rings (SSSR count). The van der Waals surface area contributed by atoms with Crippen molar-refractivity contribution in [2.45, 2.75) is 25.1 Å². The van der Waals surface area contributed by atoms with E-state index in [0.717, 1.165) is 25.9 Å². The van der Waals surface area contributed by atoms with Crippen LogP contribution in [-0.2, 0) is 20.7 Å². The van der Waals surface area contributed by atoms with Crippen LogP contribution in [0.4, 0.5) is 13.2 Å². The molecule has 1 saturated heterocycles. The molecular formula is C19H27F3N2O4. The van der Waals surface area contributed by atoms with Gasteiger partial charge in [0.25, 0.3) is 0 Å². The summed E-state index contributed by atoms with van der Waals surface area (Å²) < 4.78 is 37.7. The fourth-order valence-corrected chi connectivity index (χ4v) is 2.83. The summed E-state index contributed by atoms with van der Waals surface area (Å²) in [6.45, 7) is 2.24. The number of carbonyl (C=O) groups is 2. The number of carboxylic acids is 1. The predicted molar refractivity (Wildman–Crippen MR) is 97.9 cm³/mol. The highest BCUT2D eigenvalue weighted by atomic mass is 19.4. The van der Waals surface area contributed by atoms with E-state index < -0.39 is 12.1 Å². The topological polar surface area (TPSA) is 70.1 Å². The minimum absolute atomic E-state index is 0.0346. The van der Waals surface area contributed by atoms with Gasteiger partial charge in [0, 0.05) is 33.1 Å². The van der Waals surface area contributed by atoms with E-state index in [1.807, 2.05) is 6.07 Å². The van der Waals surface area contributed by atoms with Crippen LogP contribution in [0, 0.1) is 5.92 Å². The number of nitrogens with zero attached hydrogens (tertiary/aromatic N) is 2. The molecule has 0 radical (unpaired) electrons. The highest BCUT2D eigenvalue weighted by Crippen LogP contribution is 2.23. The van der Waals surface area contributed by atoms with Gasteiger partial charge in [-0.15, -0.1) is 0 Å². The first-order chi connectivity index (χ1) is 13.0. The number of ether oxygens (including phenoxy) is 1. The number of benzene rings is 1. The second kappa shape index (κ2) is 11.0. The Labute approximate surface area is 162 Å². The maximum absolute atomic E-state index is 11.7. The zero-order chi connectivity index (χ0) is 21.3. The Morgan fingerprint density at radius 2 is 1.82 bits per heavy atom. The standard InChI is InChI=1S/C17H26N2O2.C2HF3O2/c1-18(2)17(20)13-21-16-9-10-19(3)12-15(16)11-14-7-5-4-6-8-14;3-2(4,5)1(6)7/h4-8,15-16H,9-13H2,1-3H3;(H,6,7)/t15-,16+;/m0./s1. The van der Waals surface area contributed by atoms with Gasteiger partial charge in [-0.3, -0.25) is 4.79 Å². The van der Waals surface area contributed by atoms with Gasteiger partial charge in [0.1, 0.15) is 6.61 Å². The highest BCUT2D eigenvalue weighted by molar-refractivity contribution is 5.76. The lowest BCUT2D eigenvalue weighted by atomic mass is 9.89. The molecular weight excluding hydrogens is 377 g/mol. The molecule has 0 aromatic heterocycles. The smallest absolute Gasteiger partial charge is 0.475 e. The molecule has 6 nitrogen and oxygen atoms in total. The average Bonchev–Trinajstić information content (AvgIpc) is 2.61. The number of aliphatic carboxylic acids is 1. The summed E-state index contributed by atoms with van der Waals surface area (Å²) in [5.74, 6) is -2.28. The Kier molecular flexibility index (Phi) is 9.40. The Morgan fingerprint density at radius 1 is 1.25 bits per heavy atom. The summed E-state index contributed by atoms with van der Waals surface area (Å²) in [5, 5.41) is 7.12. The zero-order valence-corrected chi connectivity index (χ0v) is 16.3. The van der Waals surface area contributed by atoms with Crippen LogP contribution < -0.4 is 0 Å². The summed E-state index contributed by atoms with van der Waals surface area (Å²) in [7, 11) is 5.68.